The zero-order valence-electron chi connectivity index (χ0n) is 15.4. The van der Waals surface area contributed by atoms with Crippen molar-refractivity contribution in [1.29, 1.82) is 0 Å². The number of piperidine rings is 1. The molecule has 3 aliphatic heterocycles. The molecule has 0 radical (unpaired) electrons. The first-order valence-electron chi connectivity index (χ1n) is 9.70. The van der Waals surface area contributed by atoms with E-state index in [1.165, 1.54) is 17.4 Å². The van der Waals surface area contributed by atoms with E-state index in [9.17, 15) is 14.7 Å². The molecule has 2 unspecified atom stereocenters. The van der Waals surface area contributed by atoms with Crippen LogP contribution < -0.4 is 20.4 Å². The van der Waals surface area contributed by atoms with Gasteiger partial charge < -0.3 is 20.1 Å². The molecule has 6 rings (SSSR count). The quantitative estimate of drug-likeness (QED) is 0.669. The van der Waals surface area contributed by atoms with Crippen LogP contribution in [0.1, 0.15) is 28.9 Å². The summed E-state index contributed by atoms with van der Waals surface area (Å²) in [5, 5.41) is 14.9. The molecule has 0 saturated carbocycles. The normalized spacial score (nSPS) is 23.0. The van der Waals surface area contributed by atoms with Crippen LogP contribution in [-0.4, -0.2) is 41.2 Å². The molecule has 7 nitrogen and oxygen atoms in total. The minimum Gasteiger partial charge on any atom is -0.483 e. The van der Waals surface area contributed by atoms with Gasteiger partial charge in [-0.25, -0.2) is 9.18 Å². The molecule has 2 saturated heterocycles. The lowest BCUT2D eigenvalue weighted by Gasteiger charge is -2.26. The topological polar surface area (TPSA) is 83.3 Å². The number of nitrogens with zero attached hydrogens (tertiary/aromatic N) is 2. The summed E-state index contributed by atoms with van der Waals surface area (Å²) < 4.78 is 23.1. The van der Waals surface area contributed by atoms with Crippen molar-refractivity contribution in [2.45, 2.75) is 25.5 Å². The molecule has 0 bridgehead atoms. The fraction of sp³-hybridized carbons (Fsp3) is 0.400. The van der Waals surface area contributed by atoms with Gasteiger partial charge in [0.05, 0.1) is 11.1 Å². The van der Waals surface area contributed by atoms with Crippen molar-refractivity contribution < 1.29 is 19.0 Å². The van der Waals surface area contributed by atoms with E-state index in [-0.39, 0.29) is 17.6 Å². The van der Waals surface area contributed by atoms with Crippen molar-refractivity contribution in [2.75, 3.05) is 24.5 Å². The molecule has 150 valence electrons. The van der Waals surface area contributed by atoms with Crippen LogP contribution in [0.3, 0.4) is 0 Å². The van der Waals surface area contributed by atoms with Crippen molar-refractivity contribution in [3.63, 3.8) is 0 Å². The number of pyridine rings is 1. The van der Waals surface area contributed by atoms with Gasteiger partial charge in [0.15, 0.2) is 11.6 Å². The number of ether oxygens (including phenoxy) is 1. The lowest BCUT2D eigenvalue weighted by Crippen LogP contribution is -2.40. The molecule has 3 aromatic rings. The Morgan fingerprint density at radius 3 is 3.03 bits per heavy atom. The van der Waals surface area contributed by atoms with Gasteiger partial charge >= 0.3 is 5.97 Å². The summed E-state index contributed by atoms with van der Waals surface area (Å²) in [5.74, 6) is -1.04. The van der Waals surface area contributed by atoms with Crippen molar-refractivity contribution in [3.05, 3.63) is 38.7 Å². The molecule has 2 aromatic heterocycles. The highest BCUT2D eigenvalue weighted by Gasteiger charge is 2.38. The van der Waals surface area contributed by atoms with Gasteiger partial charge in [-0.1, -0.05) is 0 Å². The summed E-state index contributed by atoms with van der Waals surface area (Å²) in [6.45, 7) is 2.60. The largest absolute Gasteiger partial charge is 0.483 e. The summed E-state index contributed by atoms with van der Waals surface area (Å²) in [7, 11) is 0. The molecule has 2 N–H and O–H groups in total. The number of carbonyl (C=O) groups is 1. The number of aromatic carboxylic acids is 1. The molecule has 0 spiro atoms. The molecular formula is C20H18FN3O4S. The summed E-state index contributed by atoms with van der Waals surface area (Å²) in [6.07, 6.45) is 2.23. The van der Waals surface area contributed by atoms with Crippen LogP contribution in [-0.2, 0) is 6.61 Å². The Hall–Kier alpha value is -2.65. The highest BCUT2D eigenvalue weighted by atomic mass is 32.1. The van der Waals surface area contributed by atoms with Gasteiger partial charge in [-0.3, -0.25) is 9.20 Å². The van der Waals surface area contributed by atoms with Crippen LogP contribution in [0.25, 0.3) is 15.7 Å². The van der Waals surface area contributed by atoms with Gasteiger partial charge in [0.2, 0.25) is 5.43 Å². The molecule has 5 heterocycles. The van der Waals surface area contributed by atoms with Gasteiger partial charge in [-0.05, 0) is 31.4 Å². The van der Waals surface area contributed by atoms with Crippen LogP contribution in [0.2, 0.25) is 0 Å². The number of nitrogens with one attached hydrogen (secondary N) is 1. The number of hydrogen-bond donors (Lipinski definition) is 2. The highest BCUT2D eigenvalue weighted by molar-refractivity contribution is 7.16. The number of aromatic nitrogens is 1. The van der Waals surface area contributed by atoms with Crippen molar-refractivity contribution in [1.82, 2.24) is 9.72 Å². The molecular weight excluding hydrogens is 397 g/mol. The Morgan fingerprint density at radius 2 is 2.24 bits per heavy atom. The first-order chi connectivity index (χ1) is 14.0. The first-order valence-corrected chi connectivity index (χ1v) is 10.6. The van der Waals surface area contributed by atoms with Crippen molar-refractivity contribution in [2.24, 2.45) is 5.92 Å². The summed E-state index contributed by atoms with van der Waals surface area (Å²) in [5.41, 5.74) is 0.623. The van der Waals surface area contributed by atoms with Gasteiger partial charge in [0.1, 0.15) is 28.2 Å². The Morgan fingerprint density at radius 1 is 1.38 bits per heavy atom. The number of benzene rings is 1. The molecule has 0 aliphatic carbocycles. The molecule has 2 atom stereocenters. The molecule has 1 aromatic carbocycles. The smallest absolute Gasteiger partial charge is 0.342 e. The van der Waals surface area contributed by atoms with E-state index in [0.29, 0.717) is 40.3 Å². The van der Waals surface area contributed by atoms with E-state index >= 15 is 4.39 Å². The molecule has 9 heteroatoms. The summed E-state index contributed by atoms with van der Waals surface area (Å²) in [6, 6.07) is 1.50. The minimum absolute atomic E-state index is 0.0465. The third-order valence-electron chi connectivity index (χ3n) is 6.38. The Kier molecular flexibility index (Phi) is 3.52. The summed E-state index contributed by atoms with van der Waals surface area (Å²) in [4.78, 5) is 27.1. The predicted octanol–water partition coefficient (Wildman–Crippen LogP) is 2.43. The fourth-order valence-corrected chi connectivity index (χ4v) is 6.14. The highest BCUT2D eigenvalue weighted by Crippen LogP contribution is 2.44. The fourth-order valence-electron chi connectivity index (χ4n) is 5.10. The van der Waals surface area contributed by atoms with E-state index in [1.54, 1.807) is 9.78 Å². The number of fused-ring (bicyclic) bond motifs is 1. The Balaban J connectivity index is 1.65. The molecule has 2 fully saturated rings. The number of halogens is 1. The average Bonchev–Trinajstić information content (AvgIpc) is 3.31. The molecule has 29 heavy (non-hydrogen) atoms. The third kappa shape index (κ3) is 2.25. The second-order valence-electron chi connectivity index (χ2n) is 7.97. The van der Waals surface area contributed by atoms with Gasteiger partial charge in [0, 0.05) is 24.5 Å². The van der Waals surface area contributed by atoms with Crippen LogP contribution in [0, 0.1) is 11.7 Å². The molecule has 0 amide bonds. The summed E-state index contributed by atoms with van der Waals surface area (Å²) >= 11 is 1.20. The van der Waals surface area contributed by atoms with E-state index in [1.807, 2.05) is 4.90 Å². The van der Waals surface area contributed by atoms with Crippen LogP contribution >= 0.6 is 11.3 Å². The van der Waals surface area contributed by atoms with Crippen LogP contribution in [0.15, 0.2) is 16.2 Å². The maximum Gasteiger partial charge on any atom is 0.342 e. The van der Waals surface area contributed by atoms with Crippen LogP contribution in [0.5, 0.6) is 5.75 Å². The zero-order valence-corrected chi connectivity index (χ0v) is 16.2. The third-order valence-corrected chi connectivity index (χ3v) is 7.38. The van der Waals surface area contributed by atoms with Crippen molar-refractivity contribution >= 4 is 38.7 Å². The second kappa shape index (κ2) is 5.93. The van der Waals surface area contributed by atoms with E-state index in [4.69, 9.17) is 4.74 Å². The van der Waals surface area contributed by atoms with Gasteiger partial charge in [-0.15, -0.1) is 11.3 Å². The first kappa shape index (κ1) is 17.2. The van der Waals surface area contributed by atoms with Gasteiger partial charge in [-0.2, -0.15) is 0 Å². The Labute approximate surface area is 168 Å². The predicted molar refractivity (Wildman–Crippen MR) is 107 cm³/mol. The number of rotatable bonds is 2. The maximum atomic E-state index is 15.3. The lowest BCUT2D eigenvalue weighted by atomic mass is 9.94. The van der Waals surface area contributed by atoms with Gasteiger partial charge in [0.25, 0.3) is 0 Å². The van der Waals surface area contributed by atoms with E-state index in [2.05, 4.69) is 5.32 Å². The number of hydrogen-bond acceptors (Lipinski definition) is 6. The van der Waals surface area contributed by atoms with Crippen LogP contribution in [0.4, 0.5) is 10.1 Å². The molecule has 3 aliphatic rings. The number of thiazole rings is 1. The lowest BCUT2D eigenvalue weighted by molar-refractivity contribution is 0.0697. The number of carboxylic acid groups (broad SMARTS) is 1. The zero-order chi connectivity index (χ0) is 19.9. The van der Waals surface area contributed by atoms with E-state index in [0.717, 1.165) is 31.6 Å². The maximum absolute atomic E-state index is 15.3. The SMILES string of the molecule is O=C(O)c1c(=O)c2cc(F)c(N3CC4CCCNC4C3)c3c2n2c(csc12)CO3. The van der Waals surface area contributed by atoms with E-state index < -0.39 is 17.2 Å². The minimum atomic E-state index is -1.30. The standard InChI is InChI=1S/C20H18FN3O4S/c21-12-4-11-15-18(16(12)23-5-9-2-1-3-22-13(9)6-23)28-7-10-8-29-19(24(10)15)14(17(11)25)20(26)27/h4,8-9,13,22H,1-3,5-7H2,(H,26,27). The van der Waals surface area contributed by atoms with Crippen molar-refractivity contribution in [3.8, 4) is 5.75 Å². The monoisotopic (exact) mass is 415 g/mol. The number of carboxylic acids is 1. The second-order valence-corrected chi connectivity index (χ2v) is 8.82. The Bertz CT molecular complexity index is 1250. The number of anilines is 1. The average molecular weight is 415 g/mol.